The third-order valence-electron chi connectivity index (χ3n) is 3.87. The Kier molecular flexibility index (Phi) is 4.27. The number of rotatable bonds is 4. The number of carbonyl (C=O) groups excluding carboxylic acids is 2. The van der Waals surface area contributed by atoms with Crippen molar-refractivity contribution in [3.8, 4) is 0 Å². The molecule has 7 heteroatoms. The molecule has 120 valence electrons. The van der Waals surface area contributed by atoms with E-state index in [1.807, 2.05) is 31.2 Å². The zero-order chi connectivity index (χ0) is 16.2. The molecular weight excluding hydrogens is 294 g/mol. The molecule has 23 heavy (non-hydrogen) atoms. The van der Waals surface area contributed by atoms with E-state index >= 15 is 0 Å². The molecule has 4 N–H and O–H groups in total. The smallest absolute Gasteiger partial charge is 0.315 e. The zero-order valence-electron chi connectivity index (χ0n) is 12.8. The lowest BCUT2D eigenvalue weighted by atomic mass is 9.98. The first-order chi connectivity index (χ1) is 11.1. The topological polar surface area (TPSA) is 98.9 Å². The SMILES string of the molecule is C[C@@H](NC(=O)NCc1ccn[nH]1)c1ccc2c(c1)CCC(=O)N2. The number of urea groups is 1. The third kappa shape index (κ3) is 3.68. The Bertz CT molecular complexity index is 711. The minimum absolute atomic E-state index is 0.0506. The van der Waals surface area contributed by atoms with Gasteiger partial charge < -0.3 is 16.0 Å². The summed E-state index contributed by atoms with van der Waals surface area (Å²) in [4.78, 5) is 23.3. The van der Waals surface area contributed by atoms with E-state index in [1.54, 1.807) is 6.20 Å². The van der Waals surface area contributed by atoms with Crippen molar-refractivity contribution in [2.45, 2.75) is 32.4 Å². The van der Waals surface area contributed by atoms with Gasteiger partial charge in [-0.2, -0.15) is 5.10 Å². The van der Waals surface area contributed by atoms with Crippen LogP contribution in [0.1, 0.15) is 36.2 Å². The van der Waals surface area contributed by atoms with E-state index in [0.717, 1.165) is 28.9 Å². The summed E-state index contributed by atoms with van der Waals surface area (Å²) in [5.74, 6) is 0.0506. The van der Waals surface area contributed by atoms with Gasteiger partial charge in [0.05, 0.1) is 18.3 Å². The average molecular weight is 313 g/mol. The zero-order valence-corrected chi connectivity index (χ0v) is 12.8. The summed E-state index contributed by atoms with van der Waals surface area (Å²) in [7, 11) is 0. The van der Waals surface area contributed by atoms with Crippen molar-refractivity contribution in [1.82, 2.24) is 20.8 Å². The lowest BCUT2D eigenvalue weighted by Gasteiger charge is -2.20. The molecule has 2 aromatic rings. The van der Waals surface area contributed by atoms with Crippen molar-refractivity contribution in [2.24, 2.45) is 0 Å². The number of nitrogens with one attached hydrogen (secondary N) is 4. The molecule has 0 saturated heterocycles. The van der Waals surface area contributed by atoms with Gasteiger partial charge in [-0.1, -0.05) is 12.1 Å². The van der Waals surface area contributed by atoms with Gasteiger partial charge in [-0.15, -0.1) is 0 Å². The number of hydrogen-bond donors (Lipinski definition) is 4. The standard InChI is InChI=1S/C16H19N5O2/c1-10(19-16(23)17-9-13-6-7-18-21-13)11-2-4-14-12(8-11)3-5-15(22)20-14/h2,4,6-8,10H,3,5,9H2,1H3,(H,18,21)(H,20,22)(H2,17,19,23)/t10-/m1/s1. The first kappa shape index (κ1) is 15.1. The Morgan fingerprint density at radius 2 is 2.22 bits per heavy atom. The number of H-pyrrole nitrogens is 1. The quantitative estimate of drug-likeness (QED) is 0.693. The fourth-order valence-corrected chi connectivity index (χ4v) is 2.56. The number of aryl methyl sites for hydroxylation is 1. The molecular formula is C16H19N5O2. The lowest BCUT2D eigenvalue weighted by molar-refractivity contribution is -0.116. The minimum Gasteiger partial charge on any atom is -0.333 e. The molecule has 0 fully saturated rings. The summed E-state index contributed by atoms with van der Waals surface area (Å²) < 4.78 is 0. The van der Waals surface area contributed by atoms with Gasteiger partial charge >= 0.3 is 6.03 Å². The van der Waals surface area contributed by atoms with Crippen LogP contribution in [-0.4, -0.2) is 22.1 Å². The number of benzene rings is 1. The third-order valence-corrected chi connectivity index (χ3v) is 3.87. The van der Waals surface area contributed by atoms with Crippen LogP contribution in [0.15, 0.2) is 30.5 Å². The lowest BCUT2D eigenvalue weighted by Crippen LogP contribution is -2.36. The van der Waals surface area contributed by atoms with Crippen LogP contribution in [0.2, 0.25) is 0 Å². The summed E-state index contributed by atoms with van der Waals surface area (Å²) in [5, 5.41) is 15.1. The molecule has 0 unspecified atom stereocenters. The van der Waals surface area contributed by atoms with Crippen LogP contribution in [0.25, 0.3) is 0 Å². The highest BCUT2D eigenvalue weighted by Gasteiger charge is 2.17. The molecule has 1 aliphatic heterocycles. The predicted molar refractivity (Wildman–Crippen MR) is 85.8 cm³/mol. The van der Waals surface area contributed by atoms with Gasteiger partial charge in [-0.05, 0) is 36.6 Å². The molecule has 0 spiro atoms. The van der Waals surface area contributed by atoms with Crippen LogP contribution < -0.4 is 16.0 Å². The molecule has 0 radical (unpaired) electrons. The number of anilines is 1. The van der Waals surface area contributed by atoms with Gasteiger partial charge in [-0.3, -0.25) is 9.89 Å². The largest absolute Gasteiger partial charge is 0.333 e. The van der Waals surface area contributed by atoms with E-state index in [1.165, 1.54) is 0 Å². The number of carbonyl (C=O) groups is 2. The van der Waals surface area contributed by atoms with Gasteiger partial charge in [0.15, 0.2) is 0 Å². The highest BCUT2D eigenvalue weighted by atomic mass is 16.2. The molecule has 3 rings (SSSR count). The normalized spacial score (nSPS) is 14.6. The van der Waals surface area contributed by atoms with Gasteiger partial charge in [0.1, 0.15) is 0 Å². The van der Waals surface area contributed by atoms with Crippen molar-refractivity contribution in [1.29, 1.82) is 0 Å². The Morgan fingerprint density at radius 1 is 1.35 bits per heavy atom. The van der Waals surface area contributed by atoms with Crippen molar-refractivity contribution in [2.75, 3.05) is 5.32 Å². The van der Waals surface area contributed by atoms with Crippen molar-refractivity contribution >= 4 is 17.6 Å². The molecule has 3 amide bonds. The first-order valence-corrected chi connectivity index (χ1v) is 7.57. The van der Waals surface area contributed by atoms with Gasteiger partial charge in [0.2, 0.25) is 5.91 Å². The molecule has 7 nitrogen and oxygen atoms in total. The molecule has 2 heterocycles. The first-order valence-electron chi connectivity index (χ1n) is 7.57. The fraction of sp³-hybridized carbons (Fsp3) is 0.312. The van der Waals surface area contributed by atoms with E-state index in [4.69, 9.17) is 0 Å². The van der Waals surface area contributed by atoms with Gasteiger partial charge in [0, 0.05) is 18.3 Å². The monoisotopic (exact) mass is 313 g/mol. The van der Waals surface area contributed by atoms with Gasteiger partial charge in [0.25, 0.3) is 0 Å². The van der Waals surface area contributed by atoms with Gasteiger partial charge in [-0.25, -0.2) is 4.79 Å². The molecule has 1 aliphatic rings. The molecule has 1 aromatic heterocycles. The highest BCUT2D eigenvalue weighted by Crippen LogP contribution is 2.26. The second-order valence-electron chi connectivity index (χ2n) is 5.60. The maximum atomic E-state index is 11.9. The number of amides is 3. The molecule has 0 aliphatic carbocycles. The number of fused-ring (bicyclic) bond motifs is 1. The van der Waals surface area contributed by atoms with Crippen molar-refractivity contribution in [3.63, 3.8) is 0 Å². The van der Waals surface area contributed by atoms with Crippen molar-refractivity contribution in [3.05, 3.63) is 47.3 Å². The fourth-order valence-electron chi connectivity index (χ4n) is 2.56. The Morgan fingerprint density at radius 3 is 3.00 bits per heavy atom. The average Bonchev–Trinajstić information content (AvgIpc) is 3.05. The van der Waals surface area contributed by atoms with Crippen LogP contribution in [-0.2, 0) is 17.8 Å². The van der Waals surface area contributed by atoms with E-state index in [2.05, 4.69) is 26.1 Å². The highest BCUT2D eigenvalue weighted by molar-refractivity contribution is 5.93. The maximum absolute atomic E-state index is 11.9. The number of aromatic nitrogens is 2. The molecule has 1 atom stereocenters. The molecule has 0 bridgehead atoms. The second kappa shape index (κ2) is 6.51. The van der Waals surface area contributed by atoms with Crippen LogP contribution in [0.5, 0.6) is 0 Å². The van der Waals surface area contributed by atoms with Crippen LogP contribution in [0.3, 0.4) is 0 Å². The van der Waals surface area contributed by atoms with Crippen LogP contribution in [0, 0.1) is 0 Å². The van der Waals surface area contributed by atoms with Crippen LogP contribution >= 0.6 is 0 Å². The Hall–Kier alpha value is -2.83. The summed E-state index contributed by atoms with van der Waals surface area (Å²) in [6.07, 6.45) is 2.88. The number of hydrogen-bond acceptors (Lipinski definition) is 3. The van der Waals surface area contributed by atoms with E-state index in [9.17, 15) is 9.59 Å². The number of nitrogens with zero attached hydrogens (tertiary/aromatic N) is 1. The predicted octanol–water partition coefficient (Wildman–Crippen LogP) is 1.85. The van der Waals surface area contributed by atoms with Crippen molar-refractivity contribution < 1.29 is 9.59 Å². The summed E-state index contributed by atoms with van der Waals surface area (Å²) >= 11 is 0. The summed E-state index contributed by atoms with van der Waals surface area (Å²) in [6, 6.07) is 7.29. The molecule has 1 aromatic carbocycles. The Labute approximate surface area is 133 Å². The minimum atomic E-state index is -0.238. The number of aromatic amines is 1. The Balaban J connectivity index is 1.58. The maximum Gasteiger partial charge on any atom is 0.315 e. The van der Waals surface area contributed by atoms with E-state index < -0.39 is 0 Å². The van der Waals surface area contributed by atoms with E-state index in [-0.39, 0.29) is 18.0 Å². The van der Waals surface area contributed by atoms with E-state index in [0.29, 0.717) is 13.0 Å². The summed E-state index contributed by atoms with van der Waals surface area (Å²) in [6.45, 7) is 2.33. The van der Waals surface area contributed by atoms with Crippen LogP contribution in [0.4, 0.5) is 10.5 Å². The summed E-state index contributed by atoms with van der Waals surface area (Å²) in [5.41, 5.74) is 3.82. The second-order valence-corrected chi connectivity index (χ2v) is 5.60. The molecule has 0 saturated carbocycles.